The van der Waals surface area contributed by atoms with Crippen molar-refractivity contribution in [2.45, 2.75) is 49.7 Å². The van der Waals surface area contributed by atoms with Crippen molar-refractivity contribution in [3.05, 3.63) is 64.7 Å². The monoisotopic (exact) mass is 490 g/mol. The lowest BCUT2D eigenvalue weighted by molar-refractivity contribution is 0.145. The molecule has 0 amide bonds. The molecule has 1 saturated heterocycles. The minimum Gasteiger partial charge on any atom is -0.490 e. The smallest absolute Gasteiger partial charge is 0.212 e. The molecule has 3 unspecified atom stereocenters. The van der Waals surface area contributed by atoms with E-state index in [2.05, 4.69) is 4.90 Å². The first-order chi connectivity index (χ1) is 16.3. The van der Waals surface area contributed by atoms with Crippen LogP contribution >= 0.6 is 0 Å². The Morgan fingerprint density at radius 3 is 2.59 bits per heavy atom. The lowest BCUT2D eigenvalue weighted by Crippen LogP contribution is -2.41. The highest BCUT2D eigenvalue weighted by molar-refractivity contribution is 7.89. The molecule has 2 N–H and O–H groups in total. The number of hydrogen-bond acceptors (Lipinski definition) is 4. The SMILES string of the molecule is NS(=O)(=O)C(CCOc1cc2c(cc1F)CC(CN1CCC1)C2Cc1cccc(F)c1)C1CC1. The van der Waals surface area contributed by atoms with Gasteiger partial charge in [-0.3, -0.25) is 0 Å². The minimum absolute atomic E-state index is 0.0846. The summed E-state index contributed by atoms with van der Waals surface area (Å²) in [5, 5.41) is 4.76. The number of halogens is 2. The highest BCUT2D eigenvalue weighted by atomic mass is 32.2. The lowest BCUT2D eigenvalue weighted by atomic mass is 9.85. The van der Waals surface area contributed by atoms with Gasteiger partial charge >= 0.3 is 0 Å². The molecular formula is C26H32F2N2O3S. The van der Waals surface area contributed by atoms with E-state index in [4.69, 9.17) is 9.88 Å². The van der Waals surface area contributed by atoms with Crippen LogP contribution in [0.1, 0.15) is 48.3 Å². The zero-order valence-corrected chi connectivity index (χ0v) is 20.1. The van der Waals surface area contributed by atoms with Gasteiger partial charge in [-0.05, 0) is 110 Å². The van der Waals surface area contributed by atoms with Crippen LogP contribution in [0.5, 0.6) is 5.75 Å². The Bertz CT molecular complexity index is 1150. The van der Waals surface area contributed by atoms with E-state index in [1.54, 1.807) is 24.3 Å². The van der Waals surface area contributed by atoms with Gasteiger partial charge in [-0.25, -0.2) is 22.3 Å². The predicted octanol–water partition coefficient (Wildman–Crippen LogP) is 4.01. The molecule has 3 aliphatic rings. The number of ether oxygens (including phenoxy) is 1. The van der Waals surface area contributed by atoms with Gasteiger partial charge in [0.15, 0.2) is 11.6 Å². The van der Waals surface area contributed by atoms with E-state index in [1.165, 1.54) is 12.5 Å². The Morgan fingerprint density at radius 2 is 1.94 bits per heavy atom. The maximum atomic E-state index is 14.9. The van der Waals surface area contributed by atoms with Crippen molar-refractivity contribution in [1.82, 2.24) is 4.90 Å². The molecule has 0 radical (unpaired) electrons. The number of nitrogens with zero attached hydrogens (tertiary/aromatic N) is 1. The molecule has 1 aliphatic heterocycles. The molecule has 8 heteroatoms. The van der Waals surface area contributed by atoms with Gasteiger partial charge in [0.1, 0.15) is 5.82 Å². The van der Waals surface area contributed by atoms with Crippen LogP contribution in [0.15, 0.2) is 36.4 Å². The van der Waals surface area contributed by atoms with Crippen molar-refractivity contribution < 1.29 is 21.9 Å². The van der Waals surface area contributed by atoms with Gasteiger partial charge < -0.3 is 9.64 Å². The van der Waals surface area contributed by atoms with Crippen LogP contribution in [0, 0.1) is 23.5 Å². The number of benzene rings is 2. The maximum Gasteiger partial charge on any atom is 0.212 e. The molecule has 2 fully saturated rings. The van der Waals surface area contributed by atoms with Gasteiger partial charge in [-0.15, -0.1) is 0 Å². The van der Waals surface area contributed by atoms with Crippen LogP contribution in [0.2, 0.25) is 0 Å². The molecule has 0 aromatic heterocycles. The fraction of sp³-hybridized carbons (Fsp3) is 0.538. The second kappa shape index (κ2) is 9.55. The second-order valence-corrected chi connectivity index (χ2v) is 11.9. The van der Waals surface area contributed by atoms with Crippen molar-refractivity contribution in [2.24, 2.45) is 17.0 Å². The zero-order valence-electron chi connectivity index (χ0n) is 19.3. The Labute approximate surface area is 200 Å². The fourth-order valence-corrected chi connectivity index (χ4v) is 6.86. The predicted molar refractivity (Wildman–Crippen MR) is 127 cm³/mol. The highest BCUT2D eigenvalue weighted by Gasteiger charge is 2.38. The second-order valence-electron chi connectivity index (χ2n) is 10.1. The first kappa shape index (κ1) is 23.7. The van der Waals surface area contributed by atoms with Crippen LogP contribution in [-0.4, -0.2) is 44.8 Å². The summed E-state index contributed by atoms with van der Waals surface area (Å²) in [5.41, 5.74) is 2.97. The van der Waals surface area contributed by atoms with E-state index in [-0.39, 0.29) is 36.4 Å². The average molecular weight is 491 g/mol. The summed E-state index contributed by atoms with van der Waals surface area (Å²) in [6, 6.07) is 10.0. The summed E-state index contributed by atoms with van der Waals surface area (Å²) in [7, 11) is -3.65. The standard InChI is InChI=1S/C26H32F2N2O3S/c27-21-4-1-3-17(11-21)12-22-20(16-30-8-2-9-30)13-19-14-24(28)25(15-23(19)22)33-10-7-26(18-5-6-18)34(29,31)32/h1,3-4,11,14-15,18,20,22,26H,2,5-10,12-13,16H2,(H2,29,31,32). The van der Waals surface area contributed by atoms with Crippen LogP contribution in [-0.2, 0) is 22.9 Å². The molecule has 184 valence electrons. The van der Waals surface area contributed by atoms with Crippen LogP contribution in [0.3, 0.4) is 0 Å². The van der Waals surface area contributed by atoms with E-state index < -0.39 is 21.1 Å². The molecule has 2 aliphatic carbocycles. The number of primary sulfonamides is 1. The number of hydrogen-bond donors (Lipinski definition) is 1. The van der Waals surface area contributed by atoms with Crippen molar-refractivity contribution in [2.75, 3.05) is 26.2 Å². The third kappa shape index (κ3) is 5.29. The number of nitrogens with two attached hydrogens (primary N) is 1. The van der Waals surface area contributed by atoms with Crippen molar-refractivity contribution in [3.8, 4) is 5.75 Å². The van der Waals surface area contributed by atoms with Gasteiger partial charge in [-0.1, -0.05) is 12.1 Å². The topological polar surface area (TPSA) is 72.6 Å². The summed E-state index contributed by atoms with van der Waals surface area (Å²) in [6.45, 7) is 3.23. The lowest BCUT2D eigenvalue weighted by Gasteiger charge is -2.35. The van der Waals surface area contributed by atoms with E-state index >= 15 is 0 Å². The summed E-state index contributed by atoms with van der Waals surface area (Å²) in [4.78, 5) is 2.42. The molecule has 5 nitrogen and oxygen atoms in total. The normalized spacial score (nSPS) is 23.4. The van der Waals surface area contributed by atoms with E-state index in [1.807, 2.05) is 6.07 Å². The van der Waals surface area contributed by atoms with E-state index in [9.17, 15) is 17.2 Å². The molecule has 2 aromatic carbocycles. The Balaban J connectivity index is 1.34. The quantitative estimate of drug-likeness (QED) is 0.546. The Morgan fingerprint density at radius 1 is 1.15 bits per heavy atom. The molecule has 0 spiro atoms. The number of likely N-dealkylation sites (tertiary alicyclic amines) is 1. The fourth-order valence-electron chi connectivity index (χ4n) is 5.63. The van der Waals surface area contributed by atoms with Crippen molar-refractivity contribution in [1.29, 1.82) is 0 Å². The molecule has 2 aromatic rings. The average Bonchev–Trinajstić information content (AvgIpc) is 3.51. The molecule has 34 heavy (non-hydrogen) atoms. The van der Waals surface area contributed by atoms with Gasteiger partial charge in [0.25, 0.3) is 0 Å². The summed E-state index contributed by atoms with van der Waals surface area (Å²) < 4.78 is 58.3. The zero-order chi connectivity index (χ0) is 23.9. The van der Waals surface area contributed by atoms with Gasteiger partial charge in [0.2, 0.25) is 10.0 Å². The van der Waals surface area contributed by atoms with Gasteiger partial charge in [0.05, 0.1) is 11.9 Å². The maximum absolute atomic E-state index is 14.9. The molecule has 5 rings (SSSR count). The third-order valence-electron chi connectivity index (χ3n) is 7.66. The van der Waals surface area contributed by atoms with Crippen LogP contribution in [0.25, 0.3) is 0 Å². The first-order valence-corrected chi connectivity index (χ1v) is 13.8. The summed E-state index contributed by atoms with van der Waals surface area (Å²) in [5.74, 6) is 0.0291. The van der Waals surface area contributed by atoms with Crippen LogP contribution in [0.4, 0.5) is 8.78 Å². The van der Waals surface area contributed by atoms with Crippen molar-refractivity contribution in [3.63, 3.8) is 0 Å². The molecule has 0 bridgehead atoms. The highest BCUT2D eigenvalue weighted by Crippen LogP contribution is 2.44. The first-order valence-electron chi connectivity index (χ1n) is 12.2. The summed E-state index contributed by atoms with van der Waals surface area (Å²) >= 11 is 0. The van der Waals surface area contributed by atoms with E-state index in [0.717, 1.165) is 55.6 Å². The number of fused-ring (bicyclic) bond motifs is 1. The third-order valence-corrected chi connectivity index (χ3v) is 9.12. The number of sulfonamides is 1. The minimum atomic E-state index is -3.65. The number of rotatable bonds is 10. The van der Waals surface area contributed by atoms with E-state index in [0.29, 0.717) is 12.3 Å². The Hall–Kier alpha value is -2.03. The largest absolute Gasteiger partial charge is 0.490 e. The molecule has 1 saturated carbocycles. The molecule has 3 atom stereocenters. The van der Waals surface area contributed by atoms with Gasteiger partial charge in [0, 0.05) is 6.54 Å². The Kier molecular flexibility index (Phi) is 6.66. The summed E-state index contributed by atoms with van der Waals surface area (Å²) in [6.07, 6.45) is 4.65. The van der Waals surface area contributed by atoms with Gasteiger partial charge in [-0.2, -0.15) is 0 Å². The molecular weight excluding hydrogens is 458 g/mol. The van der Waals surface area contributed by atoms with Crippen LogP contribution < -0.4 is 9.88 Å². The molecule has 1 heterocycles. The van der Waals surface area contributed by atoms with Crippen molar-refractivity contribution >= 4 is 10.0 Å².